The van der Waals surface area contributed by atoms with Crippen molar-refractivity contribution < 1.29 is 0 Å². The van der Waals surface area contributed by atoms with Gasteiger partial charge in [-0.25, -0.2) is 9.97 Å². The summed E-state index contributed by atoms with van der Waals surface area (Å²) in [6.07, 6.45) is 5.49. The van der Waals surface area contributed by atoms with Crippen molar-refractivity contribution in [1.29, 1.82) is 0 Å². The van der Waals surface area contributed by atoms with E-state index in [0.29, 0.717) is 5.92 Å². The third kappa shape index (κ3) is 2.49. The summed E-state index contributed by atoms with van der Waals surface area (Å²) in [4.78, 5) is 8.03. The van der Waals surface area contributed by atoms with Gasteiger partial charge in [-0.15, -0.1) is 0 Å². The van der Waals surface area contributed by atoms with E-state index in [9.17, 15) is 0 Å². The van der Waals surface area contributed by atoms with Crippen molar-refractivity contribution in [3.05, 3.63) is 24.3 Å². The lowest BCUT2D eigenvalue weighted by Gasteiger charge is -2.19. The molecule has 1 atom stereocenters. The average molecular weight is 179 g/mol. The van der Waals surface area contributed by atoms with Gasteiger partial charge in [0.15, 0.2) is 0 Å². The molecule has 0 fully saturated rings. The molecule has 1 aromatic heterocycles. The van der Waals surface area contributed by atoms with E-state index in [1.54, 1.807) is 12.5 Å². The second-order valence-electron chi connectivity index (χ2n) is 3.24. The van der Waals surface area contributed by atoms with Gasteiger partial charge in [0.25, 0.3) is 0 Å². The van der Waals surface area contributed by atoms with E-state index in [1.807, 2.05) is 6.07 Å². The number of hydrogen-bond donors (Lipinski definition) is 1. The minimum absolute atomic E-state index is 0.0537. The van der Waals surface area contributed by atoms with E-state index < -0.39 is 0 Å². The maximum absolute atomic E-state index is 6.07. The van der Waals surface area contributed by atoms with Crippen LogP contribution in [0.2, 0.25) is 0 Å². The van der Waals surface area contributed by atoms with Gasteiger partial charge in [0.2, 0.25) is 0 Å². The monoisotopic (exact) mass is 179 g/mol. The molecule has 2 N–H and O–H groups in total. The Balaban J connectivity index is 2.72. The van der Waals surface area contributed by atoms with E-state index in [4.69, 9.17) is 5.73 Å². The van der Waals surface area contributed by atoms with Crippen LogP contribution in [0.25, 0.3) is 0 Å². The minimum Gasteiger partial charge on any atom is -0.322 e. The standard InChI is InChI=1S/C10H17N3/c1-3-8(4-2)10(11)9-5-6-12-7-13-9/h5-8,10H,3-4,11H2,1-2H3. The molecule has 1 rings (SSSR count). The van der Waals surface area contributed by atoms with E-state index in [2.05, 4.69) is 23.8 Å². The molecule has 0 aromatic carbocycles. The van der Waals surface area contributed by atoms with Crippen LogP contribution in [0.3, 0.4) is 0 Å². The molecule has 1 unspecified atom stereocenters. The van der Waals surface area contributed by atoms with Gasteiger partial charge in [-0.3, -0.25) is 0 Å². The van der Waals surface area contributed by atoms with Crippen molar-refractivity contribution in [3.63, 3.8) is 0 Å². The Labute approximate surface area is 79.4 Å². The molecule has 1 heterocycles. The first-order valence-electron chi connectivity index (χ1n) is 4.81. The molecule has 0 radical (unpaired) electrons. The normalized spacial score (nSPS) is 13.2. The lowest BCUT2D eigenvalue weighted by atomic mass is 9.92. The fraction of sp³-hybridized carbons (Fsp3) is 0.600. The highest BCUT2D eigenvalue weighted by molar-refractivity contribution is 5.05. The van der Waals surface area contributed by atoms with E-state index in [0.717, 1.165) is 18.5 Å². The molecule has 0 saturated heterocycles. The quantitative estimate of drug-likeness (QED) is 0.768. The molecule has 72 valence electrons. The Bertz CT molecular complexity index is 231. The number of aromatic nitrogens is 2. The predicted molar refractivity (Wildman–Crippen MR) is 53.0 cm³/mol. The molecule has 0 aliphatic carbocycles. The van der Waals surface area contributed by atoms with Crippen LogP contribution >= 0.6 is 0 Å². The smallest absolute Gasteiger partial charge is 0.115 e. The number of rotatable bonds is 4. The van der Waals surface area contributed by atoms with Crippen LogP contribution in [0, 0.1) is 5.92 Å². The van der Waals surface area contributed by atoms with Crippen molar-refractivity contribution in [2.24, 2.45) is 11.7 Å². The summed E-state index contributed by atoms with van der Waals surface area (Å²) in [5.41, 5.74) is 7.02. The fourth-order valence-electron chi connectivity index (χ4n) is 1.54. The molecule has 13 heavy (non-hydrogen) atoms. The highest BCUT2D eigenvalue weighted by Crippen LogP contribution is 2.22. The van der Waals surface area contributed by atoms with Crippen LogP contribution in [0.1, 0.15) is 38.4 Å². The highest BCUT2D eigenvalue weighted by Gasteiger charge is 2.16. The summed E-state index contributed by atoms with van der Waals surface area (Å²) in [6, 6.07) is 1.95. The molecule has 0 saturated carbocycles. The predicted octanol–water partition coefficient (Wildman–Crippen LogP) is 1.91. The SMILES string of the molecule is CCC(CC)C(N)c1ccncn1. The summed E-state index contributed by atoms with van der Waals surface area (Å²) in [5.74, 6) is 0.523. The van der Waals surface area contributed by atoms with Crippen molar-refractivity contribution in [2.75, 3.05) is 0 Å². The fourth-order valence-corrected chi connectivity index (χ4v) is 1.54. The first kappa shape index (κ1) is 10.1. The van der Waals surface area contributed by atoms with Crippen LogP contribution in [0.5, 0.6) is 0 Å². The van der Waals surface area contributed by atoms with Crippen molar-refractivity contribution in [2.45, 2.75) is 32.7 Å². The van der Waals surface area contributed by atoms with Gasteiger partial charge < -0.3 is 5.73 Å². The third-order valence-corrected chi connectivity index (χ3v) is 2.50. The largest absolute Gasteiger partial charge is 0.322 e. The first-order chi connectivity index (χ1) is 6.29. The molecule has 0 aliphatic heterocycles. The summed E-state index contributed by atoms with van der Waals surface area (Å²) in [6.45, 7) is 4.32. The first-order valence-corrected chi connectivity index (χ1v) is 4.81. The van der Waals surface area contributed by atoms with E-state index >= 15 is 0 Å². The van der Waals surface area contributed by atoms with Crippen LogP contribution < -0.4 is 5.73 Å². The van der Waals surface area contributed by atoms with Crippen LogP contribution in [0.4, 0.5) is 0 Å². The number of nitrogens with two attached hydrogens (primary N) is 1. The molecule has 3 nitrogen and oxygen atoms in total. The molecule has 0 amide bonds. The van der Waals surface area contributed by atoms with Crippen molar-refractivity contribution in [1.82, 2.24) is 9.97 Å². The molecule has 0 bridgehead atoms. The van der Waals surface area contributed by atoms with Gasteiger partial charge in [-0.1, -0.05) is 26.7 Å². The number of hydrogen-bond acceptors (Lipinski definition) is 3. The van der Waals surface area contributed by atoms with Gasteiger partial charge in [0.1, 0.15) is 6.33 Å². The molecular formula is C10H17N3. The van der Waals surface area contributed by atoms with Gasteiger partial charge in [-0.2, -0.15) is 0 Å². The number of nitrogens with zero attached hydrogens (tertiary/aromatic N) is 2. The Morgan fingerprint density at radius 3 is 2.54 bits per heavy atom. The molecular weight excluding hydrogens is 162 g/mol. The Hall–Kier alpha value is -0.960. The summed E-state index contributed by atoms with van der Waals surface area (Å²) >= 11 is 0. The van der Waals surface area contributed by atoms with Gasteiger partial charge in [-0.05, 0) is 12.0 Å². The summed E-state index contributed by atoms with van der Waals surface area (Å²) in [5, 5.41) is 0. The van der Waals surface area contributed by atoms with E-state index in [1.165, 1.54) is 0 Å². The second kappa shape index (κ2) is 4.92. The lowest BCUT2D eigenvalue weighted by molar-refractivity contribution is 0.398. The minimum atomic E-state index is 0.0537. The van der Waals surface area contributed by atoms with Crippen LogP contribution in [-0.2, 0) is 0 Å². The zero-order valence-electron chi connectivity index (χ0n) is 8.27. The van der Waals surface area contributed by atoms with Crippen molar-refractivity contribution in [3.8, 4) is 0 Å². The van der Waals surface area contributed by atoms with Crippen LogP contribution in [0.15, 0.2) is 18.6 Å². The Morgan fingerprint density at radius 2 is 2.08 bits per heavy atom. The Morgan fingerprint density at radius 1 is 1.38 bits per heavy atom. The van der Waals surface area contributed by atoms with Gasteiger partial charge in [0, 0.05) is 12.2 Å². The van der Waals surface area contributed by atoms with Crippen molar-refractivity contribution >= 4 is 0 Å². The zero-order valence-corrected chi connectivity index (χ0v) is 8.27. The zero-order chi connectivity index (χ0) is 9.68. The van der Waals surface area contributed by atoms with Gasteiger partial charge in [0.05, 0.1) is 5.69 Å². The Kier molecular flexibility index (Phi) is 3.83. The molecule has 1 aromatic rings. The topological polar surface area (TPSA) is 51.8 Å². The van der Waals surface area contributed by atoms with Crippen LogP contribution in [-0.4, -0.2) is 9.97 Å². The summed E-state index contributed by atoms with van der Waals surface area (Å²) in [7, 11) is 0. The molecule has 0 spiro atoms. The second-order valence-corrected chi connectivity index (χ2v) is 3.24. The summed E-state index contributed by atoms with van der Waals surface area (Å²) < 4.78 is 0. The lowest BCUT2D eigenvalue weighted by Crippen LogP contribution is -2.21. The maximum Gasteiger partial charge on any atom is 0.115 e. The molecule has 0 aliphatic rings. The van der Waals surface area contributed by atoms with E-state index in [-0.39, 0.29) is 6.04 Å². The molecule has 3 heteroatoms. The average Bonchev–Trinajstić information content (AvgIpc) is 2.21. The highest BCUT2D eigenvalue weighted by atomic mass is 14.9. The third-order valence-electron chi connectivity index (χ3n) is 2.50. The van der Waals surface area contributed by atoms with Gasteiger partial charge >= 0.3 is 0 Å². The maximum atomic E-state index is 6.07.